The standard InChI is InChI=1S/C15H24N2O3/c18-14(19)13-2-1-7-16(10-13)15(20)17(8-11-3-4-11)9-12-5-6-12/h11-13H,1-10H2,(H,18,19)/t13-/m0/s1. The van der Waals surface area contributed by atoms with Crippen molar-refractivity contribution in [3.63, 3.8) is 0 Å². The molecule has 1 N–H and O–H groups in total. The van der Waals surface area contributed by atoms with Crippen LogP contribution in [0.5, 0.6) is 0 Å². The molecule has 2 aliphatic carbocycles. The van der Waals surface area contributed by atoms with Gasteiger partial charge in [0.1, 0.15) is 0 Å². The summed E-state index contributed by atoms with van der Waals surface area (Å²) in [5, 5.41) is 9.14. The minimum atomic E-state index is -0.765. The first-order valence-corrected chi connectivity index (χ1v) is 7.90. The Morgan fingerprint density at radius 1 is 1.05 bits per heavy atom. The Kier molecular flexibility index (Phi) is 3.85. The fourth-order valence-corrected chi connectivity index (χ4v) is 3.01. The zero-order chi connectivity index (χ0) is 14.1. The van der Waals surface area contributed by atoms with Gasteiger partial charge in [-0.05, 0) is 50.4 Å². The average molecular weight is 280 g/mol. The molecule has 2 saturated carbocycles. The van der Waals surface area contributed by atoms with Crippen LogP contribution >= 0.6 is 0 Å². The second-order valence-corrected chi connectivity index (χ2v) is 6.70. The summed E-state index contributed by atoms with van der Waals surface area (Å²) in [6.45, 7) is 2.86. The van der Waals surface area contributed by atoms with E-state index in [1.54, 1.807) is 4.90 Å². The van der Waals surface area contributed by atoms with E-state index in [0.29, 0.717) is 31.3 Å². The van der Waals surface area contributed by atoms with Crippen LogP contribution in [-0.2, 0) is 4.79 Å². The Morgan fingerprint density at radius 2 is 1.65 bits per heavy atom. The Morgan fingerprint density at radius 3 is 2.15 bits per heavy atom. The number of aliphatic carboxylic acids is 1. The van der Waals surface area contributed by atoms with Gasteiger partial charge < -0.3 is 14.9 Å². The van der Waals surface area contributed by atoms with Gasteiger partial charge in [0.05, 0.1) is 5.92 Å². The molecule has 1 saturated heterocycles. The maximum absolute atomic E-state index is 12.7. The number of urea groups is 1. The number of likely N-dealkylation sites (tertiary alicyclic amines) is 1. The number of carbonyl (C=O) groups is 2. The van der Waals surface area contributed by atoms with Crippen LogP contribution in [0, 0.1) is 17.8 Å². The van der Waals surface area contributed by atoms with Crippen LogP contribution < -0.4 is 0 Å². The smallest absolute Gasteiger partial charge is 0.320 e. The monoisotopic (exact) mass is 280 g/mol. The van der Waals surface area contributed by atoms with E-state index in [-0.39, 0.29) is 11.9 Å². The highest BCUT2D eigenvalue weighted by Gasteiger charge is 2.35. The number of piperidine rings is 1. The van der Waals surface area contributed by atoms with Crippen LogP contribution in [0.1, 0.15) is 38.5 Å². The van der Waals surface area contributed by atoms with Crippen LogP contribution in [0.25, 0.3) is 0 Å². The number of hydrogen-bond donors (Lipinski definition) is 1. The third kappa shape index (κ3) is 3.44. The number of rotatable bonds is 5. The van der Waals surface area contributed by atoms with E-state index < -0.39 is 5.97 Å². The molecule has 2 amide bonds. The first kappa shape index (κ1) is 13.7. The summed E-state index contributed by atoms with van der Waals surface area (Å²) < 4.78 is 0. The first-order valence-electron chi connectivity index (χ1n) is 7.90. The molecule has 0 spiro atoms. The molecule has 5 heteroatoms. The highest BCUT2D eigenvalue weighted by molar-refractivity contribution is 5.76. The summed E-state index contributed by atoms with van der Waals surface area (Å²) in [5.74, 6) is 0.241. The van der Waals surface area contributed by atoms with Crippen molar-refractivity contribution in [3.8, 4) is 0 Å². The lowest BCUT2D eigenvalue weighted by Crippen LogP contribution is -2.49. The number of hydrogen-bond acceptors (Lipinski definition) is 2. The van der Waals surface area contributed by atoms with Crippen molar-refractivity contribution in [2.24, 2.45) is 17.8 Å². The summed E-state index contributed by atoms with van der Waals surface area (Å²) in [5.41, 5.74) is 0. The van der Waals surface area contributed by atoms with Gasteiger partial charge in [-0.1, -0.05) is 0 Å². The molecular weight excluding hydrogens is 256 g/mol. The van der Waals surface area contributed by atoms with Gasteiger partial charge in [-0.15, -0.1) is 0 Å². The van der Waals surface area contributed by atoms with Crippen molar-refractivity contribution in [2.45, 2.75) is 38.5 Å². The molecule has 112 valence electrons. The maximum atomic E-state index is 12.7. The number of carbonyl (C=O) groups excluding carboxylic acids is 1. The summed E-state index contributed by atoms with van der Waals surface area (Å²) in [6.07, 6.45) is 6.48. The van der Waals surface area contributed by atoms with E-state index in [4.69, 9.17) is 5.11 Å². The second kappa shape index (κ2) is 5.62. The lowest BCUT2D eigenvalue weighted by Gasteiger charge is -2.35. The van der Waals surface area contributed by atoms with Crippen molar-refractivity contribution >= 4 is 12.0 Å². The van der Waals surface area contributed by atoms with Crippen LogP contribution in [0.3, 0.4) is 0 Å². The van der Waals surface area contributed by atoms with E-state index in [1.807, 2.05) is 4.90 Å². The van der Waals surface area contributed by atoms with Gasteiger partial charge in [-0.25, -0.2) is 4.79 Å². The van der Waals surface area contributed by atoms with Gasteiger partial charge in [-0.2, -0.15) is 0 Å². The molecule has 20 heavy (non-hydrogen) atoms. The van der Waals surface area contributed by atoms with Crippen LogP contribution in [-0.4, -0.2) is 53.1 Å². The second-order valence-electron chi connectivity index (χ2n) is 6.70. The lowest BCUT2D eigenvalue weighted by molar-refractivity contribution is -0.143. The average Bonchev–Trinajstić information content (AvgIpc) is 3.32. The Labute approximate surface area is 119 Å². The van der Waals surface area contributed by atoms with Crippen LogP contribution in [0.15, 0.2) is 0 Å². The molecule has 0 unspecified atom stereocenters. The Balaban J connectivity index is 1.59. The van der Waals surface area contributed by atoms with Gasteiger partial charge >= 0.3 is 12.0 Å². The number of carboxylic acids is 1. The topological polar surface area (TPSA) is 60.9 Å². The molecule has 0 aromatic rings. The normalized spacial score (nSPS) is 26.4. The van der Waals surface area contributed by atoms with E-state index in [2.05, 4.69) is 0 Å². The molecule has 0 bridgehead atoms. The zero-order valence-corrected chi connectivity index (χ0v) is 12.0. The van der Waals surface area contributed by atoms with Crippen molar-refractivity contribution in [1.29, 1.82) is 0 Å². The largest absolute Gasteiger partial charge is 0.481 e. The van der Waals surface area contributed by atoms with Crippen molar-refractivity contribution in [2.75, 3.05) is 26.2 Å². The number of amides is 2. The van der Waals surface area contributed by atoms with E-state index in [9.17, 15) is 9.59 Å². The highest BCUT2D eigenvalue weighted by atomic mass is 16.4. The van der Waals surface area contributed by atoms with Crippen LogP contribution in [0.4, 0.5) is 4.79 Å². The molecule has 1 aliphatic heterocycles. The molecular formula is C15H24N2O3. The molecule has 1 heterocycles. The van der Waals surface area contributed by atoms with Crippen molar-refractivity contribution in [1.82, 2.24) is 9.80 Å². The molecule has 1 atom stereocenters. The van der Waals surface area contributed by atoms with Gasteiger partial charge in [0.2, 0.25) is 0 Å². The molecule has 3 aliphatic rings. The predicted octanol–water partition coefficient (Wildman–Crippen LogP) is 2.03. The summed E-state index contributed by atoms with van der Waals surface area (Å²) in [6, 6.07) is 0.0785. The van der Waals surface area contributed by atoms with E-state index >= 15 is 0 Å². The molecule has 3 fully saturated rings. The minimum absolute atomic E-state index is 0.0785. The van der Waals surface area contributed by atoms with Gasteiger partial charge in [0, 0.05) is 26.2 Å². The maximum Gasteiger partial charge on any atom is 0.320 e. The zero-order valence-electron chi connectivity index (χ0n) is 12.0. The molecule has 0 aromatic carbocycles. The van der Waals surface area contributed by atoms with Crippen LogP contribution in [0.2, 0.25) is 0 Å². The highest BCUT2D eigenvalue weighted by Crippen LogP contribution is 2.34. The fraction of sp³-hybridized carbons (Fsp3) is 0.867. The van der Waals surface area contributed by atoms with E-state index in [1.165, 1.54) is 25.7 Å². The summed E-state index contributed by atoms with van der Waals surface area (Å²) >= 11 is 0. The molecule has 5 nitrogen and oxygen atoms in total. The summed E-state index contributed by atoms with van der Waals surface area (Å²) in [4.78, 5) is 27.5. The number of carboxylic acid groups (broad SMARTS) is 1. The fourth-order valence-electron chi connectivity index (χ4n) is 3.01. The molecule has 0 aromatic heterocycles. The van der Waals surface area contributed by atoms with Crippen molar-refractivity contribution in [3.05, 3.63) is 0 Å². The van der Waals surface area contributed by atoms with Crippen molar-refractivity contribution < 1.29 is 14.7 Å². The summed E-state index contributed by atoms with van der Waals surface area (Å²) in [7, 11) is 0. The first-order chi connectivity index (χ1) is 9.63. The predicted molar refractivity (Wildman–Crippen MR) is 74.3 cm³/mol. The Bertz CT molecular complexity index is 377. The number of nitrogens with zero attached hydrogens (tertiary/aromatic N) is 2. The third-order valence-corrected chi connectivity index (χ3v) is 4.66. The third-order valence-electron chi connectivity index (χ3n) is 4.66. The van der Waals surface area contributed by atoms with E-state index in [0.717, 1.165) is 19.5 Å². The van der Waals surface area contributed by atoms with Gasteiger partial charge in [0.25, 0.3) is 0 Å². The molecule has 3 rings (SSSR count). The SMILES string of the molecule is O=C(O)[C@H]1CCCN(C(=O)N(CC2CC2)CC2CC2)C1. The Hall–Kier alpha value is -1.26. The lowest BCUT2D eigenvalue weighted by atomic mass is 9.98. The van der Waals surface area contributed by atoms with Gasteiger partial charge in [-0.3, -0.25) is 4.79 Å². The quantitative estimate of drug-likeness (QED) is 0.838. The van der Waals surface area contributed by atoms with Gasteiger partial charge in [0.15, 0.2) is 0 Å². The minimum Gasteiger partial charge on any atom is -0.481 e. The molecule has 0 radical (unpaired) electrons.